The molecular weight excluding hydrogens is 250 g/mol. The molecule has 0 aliphatic heterocycles. The number of hydrogen-bond acceptors (Lipinski definition) is 4. The zero-order chi connectivity index (χ0) is 13.6. The van der Waals surface area contributed by atoms with E-state index in [9.17, 15) is 8.42 Å². The van der Waals surface area contributed by atoms with Gasteiger partial charge in [0, 0.05) is 0 Å². The number of sulfone groups is 1. The summed E-state index contributed by atoms with van der Waals surface area (Å²) in [5, 5.41) is 2.90. The van der Waals surface area contributed by atoms with E-state index < -0.39 is 9.84 Å². The Bertz CT molecular complexity index is 451. The number of hydrogen-bond donors (Lipinski definition) is 1. The van der Waals surface area contributed by atoms with Crippen LogP contribution in [-0.4, -0.2) is 20.2 Å². The van der Waals surface area contributed by atoms with Gasteiger partial charge in [0.2, 0.25) is 0 Å². The fourth-order valence-corrected chi connectivity index (χ4v) is 2.92. The molecule has 1 aromatic rings. The molecule has 4 nitrogen and oxygen atoms in total. The smallest absolute Gasteiger partial charge is 0.160 e. The van der Waals surface area contributed by atoms with E-state index in [1.165, 1.54) is 0 Å². The van der Waals surface area contributed by atoms with E-state index in [1.807, 2.05) is 13.0 Å². The predicted octanol–water partition coefficient (Wildman–Crippen LogP) is 2.49. The van der Waals surface area contributed by atoms with E-state index in [1.54, 1.807) is 13.0 Å². The van der Waals surface area contributed by atoms with Crippen LogP contribution in [0.3, 0.4) is 0 Å². The Morgan fingerprint density at radius 3 is 2.56 bits per heavy atom. The van der Waals surface area contributed by atoms with E-state index in [0.717, 1.165) is 18.7 Å². The Labute approximate surface area is 110 Å². The lowest BCUT2D eigenvalue weighted by Gasteiger charge is -2.08. The van der Waals surface area contributed by atoms with Crippen LogP contribution in [-0.2, 0) is 22.1 Å². The Morgan fingerprint density at radius 2 is 1.94 bits per heavy atom. The molecule has 0 aromatic carbocycles. The third kappa shape index (κ3) is 4.46. The molecule has 0 amide bonds. The third-order valence-electron chi connectivity index (χ3n) is 2.97. The van der Waals surface area contributed by atoms with Gasteiger partial charge in [0.1, 0.15) is 17.3 Å². The summed E-state index contributed by atoms with van der Waals surface area (Å²) in [6.07, 6.45) is 1.70. The summed E-state index contributed by atoms with van der Waals surface area (Å²) in [6.45, 7) is 7.30. The van der Waals surface area contributed by atoms with Crippen molar-refractivity contribution in [1.29, 1.82) is 0 Å². The minimum absolute atomic E-state index is 0.00418. The molecule has 1 aromatic heterocycles. The van der Waals surface area contributed by atoms with E-state index in [0.29, 0.717) is 18.7 Å². The van der Waals surface area contributed by atoms with Crippen molar-refractivity contribution in [1.82, 2.24) is 5.32 Å². The first-order valence-corrected chi connectivity index (χ1v) is 8.21. The van der Waals surface area contributed by atoms with Crippen LogP contribution in [0.15, 0.2) is 16.5 Å². The Hall–Kier alpha value is -0.810. The quantitative estimate of drug-likeness (QED) is 0.739. The maximum Gasteiger partial charge on any atom is 0.160 e. The molecule has 1 rings (SSSR count). The highest BCUT2D eigenvalue weighted by Crippen LogP contribution is 2.16. The van der Waals surface area contributed by atoms with E-state index in [-0.39, 0.29) is 11.0 Å². The van der Waals surface area contributed by atoms with Crippen LogP contribution < -0.4 is 5.32 Å². The standard InChI is InChI=1S/C13H23NO3S/c1-4-8-14-9-12-6-7-13(17-12)10-18(15,16)11(3)5-2/h6-7,11,14H,4-5,8-10H2,1-3H3. The first kappa shape index (κ1) is 15.2. The zero-order valence-electron chi connectivity index (χ0n) is 11.4. The van der Waals surface area contributed by atoms with Crippen LogP contribution in [0.5, 0.6) is 0 Å². The minimum atomic E-state index is -3.09. The van der Waals surface area contributed by atoms with E-state index in [4.69, 9.17) is 4.42 Å². The Balaban J connectivity index is 2.58. The second-order valence-corrected chi connectivity index (χ2v) is 6.99. The van der Waals surface area contributed by atoms with Gasteiger partial charge in [-0.15, -0.1) is 0 Å². The molecule has 1 unspecified atom stereocenters. The second kappa shape index (κ2) is 6.95. The summed E-state index contributed by atoms with van der Waals surface area (Å²) in [6, 6.07) is 3.59. The lowest BCUT2D eigenvalue weighted by Crippen LogP contribution is -2.18. The average Bonchev–Trinajstić information content (AvgIpc) is 2.75. The van der Waals surface area contributed by atoms with Crippen molar-refractivity contribution in [2.24, 2.45) is 0 Å². The van der Waals surface area contributed by atoms with Gasteiger partial charge in [0.25, 0.3) is 0 Å². The third-order valence-corrected chi connectivity index (χ3v) is 5.22. The Kier molecular flexibility index (Phi) is 5.88. The molecule has 0 saturated carbocycles. The average molecular weight is 273 g/mol. The molecule has 5 heteroatoms. The van der Waals surface area contributed by atoms with Crippen LogP contribution in [0.25, 0.3) is 0 Å². The van der Waals surface area contributed by atoms with Crippen molar-refractivity contribution in [3.8, 4) is 0 Å². The summed E-state index contributed by atoms with van der Waals surface area (Å²) in [5.41, 5.74) is 0. The van der Waals surface area contributed by atoms with Crippen molar-refractivity contribution < 1.29 is 12.8 Å². The first-order valence-electron chi connectivity index (χ1n) is 6.49. The topological polar surface area (TPSA) is 59.3 Å². The van der Waals surface area contributed by atoms with Crippen LogP contribution >= 0.6 is 0 Å². The molecule has 1 N–H and O–H groups in total. The summed E-state index contributed by atoms with van der Waals surface area (Å²) in [4.78, 5) is 0. The van der Waals surface area contributed by atoms with Gasteiger partial charge in [0.05, 0.1) is 11.8 Å². The van der Waals surface area contributed by atoms with Crippen LogP contribution in [0.1, 0.15) is 45.1 Å². The molecule has 0 saturated heterocycles. The fraction of sp³-hybridized carbons (Fsp3) is 0.692. The molecule has 0 bridgehead atoms. The first-order chi connectivity index (χ1) is 8.49. The van der Waals surface area contributed by atoms with Gasteiger partial charge >= 0.3 is 0 Å². The van der Waals surface area contributed by atoms with Crippen molar-refractivity contribution in [2.75, 3.05) is 6.54 Å². The predicted molar refractivity (Wildman–Crippen MR) is 73.1 cm³/mol. The molecule has 0 aliphatic rings. The van der Waals surface area contributed by atoms with Crippen molar-refractivity contribution in [2.45, 2.75) is 51.2 Å². The monoisotopic (exact) mass is 273 g/mol. The largest absolute Gasteiger partial charge is 0.464 e. The second-order valence-electron chi connectivity index (χ2n) is 4.57. The highest BCUT2D eigenvalue weighted by molar-refractivity contribution is 7.91. The molecule has 1 atom stereocenters. The maximum atomic E-state index is 11.9. The van der Waals surface area contributed by atoms with Crippen molar-refractivity contribution >= 4 is 9.84 Å². The lowest BCUT2D eigenvalue weighted by atomic mass is 10.4. The zero-order valence-corrected chi connectivity index (χ0v) is 12.2. The molecule has 18 heavy (non-hydrogen) atoms. The molecular formula is C13H23NO3S. The molecule has 0 aliphatic carbocycles. The van der Waals surface area contributed by atoms with Gasteiger partial charge in [-0.2, -0.15) is 0 Å². The van der Waals surface area contributed by atoms with E-state index in [2.05, 4.69) is 12.2 Å². The van der Waals surface area contributed by atoms with Crippen LogP contribution in [0.4, 0.5) is 0 Å². The SMILES string of the molecule is CCCNCc1ccc(CS(=O)(=O)C(C)CC)o1. The summed E-state index contributed by atoms with van der Waals surface area (Å²) >= 11 is 0. The van der Waals surface area contributed by atoms with Gasteiger partial charge in [0.15, 0.2) is 9.84 Å². The molecule has 104 valence electrons. The van der Waals surface area contributed by atoms with Gasteiger partial charge in [-0.3, -0.25) is 0 Å². The normalized spacial score (nSPS) is 13.7. The number of furan rings is 1. The minimum Gasteiger partial charge on any atom is -0.464 e. The summed E-state index contributed by atoms with van der Waals surface area (Å²) in [7, 11) is -3.09. The lowest BCUT2D eigenvalue weighted by molar-refractivity contribution is 0.455. The summed E-state index contributed by atoms with van der Waals surface area (Å²) in [5.74, 6) is 1.32. The van der Waals surface area contributed by atoms with Gasteiger partial charge in [-0.05, 0) is 38.4 Å². The van der Waals surface area contributed by atoms with Crippen LogP contribution in [0.2, 0.25) is 0 Å². The highest BCUT2D eigenvalue weighted by atomic mass is 32.2. The van der Waals surface area contributed by atoms with Gasteiger partial charge in [-0.1, -0.05) is 13.8 Å². The highest BCUT2D eigenvalue weighted by Gasteiger charge is 2.21. The maximum absolute atomic E-state index is 11.9. The molecule has 0 fully saturated rings. The summed E-state index contributed by atoms with van der Waals surface area (Å²) < 4.78 is 29.4. The van der Waals surface area contributed by atoms with E-state index >= 15 is 0 Å². The fourth-order valence-electron chi connectivity index (χ4n) is 1.58. The van der Waals surface area contributed by atoms with Crippen molar-refractivity contribution in [3.63, 3.8) is 0 Å². The van der Waals surface area contributed by atoms with Crippen LogP contribution in [0, 0.1) is 0 Å². The Morgan fingerprint density at radius 1 is 1.28 bits per heavy atom. The van der Waals surface area contributed by atoms with Gasteiger partial charge < -0.3 is 9.73 Å². The molecule has 0 spiro atoms. The number of nitrogens with one attached hydrogen (secondary N) is 1. The molecule has 1 heterocycles. The van der Waals surface area contributed by atoms with Crippen molar-refractivity contribution in [3.05, 3.63) is 23.7 Å². The van der Waals surface area contributed by atoms with Gasteiger partial charge in [-0.25, -0.2) is 8.42 Å². The molecule has 0 radical (unpaired) electrons. The number of rotatable bonds is 8.